The van der Waals surface area contributed by atoms with E-state index in [9.17, 15) is 14.9 Å². The molecule has 6 nitrogen and oxygen atoms in total. The van der Waals surface area contributed by atoms with Gasteiger partial charge in [-0.2, -0.15) is 0 Å². The van der Waals surface area contributed by atoms with E-state index in [4.69, 9.17) is 4.43 Å². The van der Waals surface area contributed by atoms with E-state index in [1.807, 2.05) is 27.7 Å². The molecule has 0 radical (unpaired) electrons. The van der Waals surface area contributed by atoms with Crippen LogP contribution in [0, 0.1) is 10.1 Å². The summed E-state index contributed by atoms with van der Waals surface area (Å²) in [6.07, 6.45) is 3.21. The maximum atomic E-state index is 11.2. The van der Waals surface area contributed by atoms with Crippen LogP contribution in [0.15, 0.2) is 24.2 Å². The largest absolute Gasteiger partial charge is 0.540 e. The molecule has 0 aromatic heterocycles. The van der Waals surface area contributed by atoms with Gasteiger partial charge in [-0.05, 0) is 11.1 Å². The van der Waals surface area contributed by atoms with Gasteiger partial charge in [0, 0.05) is 6.08 Å². The van der Waals surface area contributed by atoms with Crippen molar-refractivity contribution in [3.63, 3.8) is 0 Å². The normalized spacial score (nSPS) is 12.6. The van der Waals surface area contributed by atoms with Gasteiger partial charge in [0.25, 0.3) is 14.5 Å². The van der Waals surface area contributed by atoms with Crippen molar-refractivity contribution in [2.24, 2.45) is 0 Å². The highest BCUT2D eigenvalue weighted by atomic mass is 28.4. The number of carbonyl (C=O) groups excluding carboxylic acids is 1. The number of nitro groups is 1. The summed E-state index contributed by atoms with van der Waals surface area (Å²) in [4.78, 5) is 20.9. The molecule has 0 fully saturated rings. The Morgan fingerprint density at radius 2 is 1.79 bits per heavy atom. The Morgan fingerprint density at radius 3 is 2.16 bits per heavy atom. The SMILES string of the molecule is COC(=O)/C=C/[Si](O/C=C/[N+](=O)[O-])(C(C)C)C(C)C. The summed E-state index contributed by atoms with van der Waals surface area (Å²) in [7, 11) is -1.17. The minimum atomic E-state index is -2.47. The van der Waals surface area contributed by atoms with Gasteiger partial charge in [-0.25, -0.2) is 4.79 Å². The van der Waals surface area contributed by atoms with Crippen LogP contribution in [0.2, 0.25) is 11.1 Å². The van der Waals surface area contributed by atoms with Crippen LogP contribution < -0.4 is 0 Å². The van der Waals surface area contributed by atoms with Crippen LogP contribution in [0.4, 0.5) is 0 Å². The number of ether oxygens (including phenoxy) is 1. The molecule has 0 atom stereocenters. The number of carbonyl (C=O) groups is 1. The van der Waals surface area contributed by atoms with Crippen molar-refractivity contribution in [1.29, 1.82) is 0 Å². The number of esters is 1. The number of methoxy groups -OCH3 is 1. The molecule has 0 aromatic carbocycles. The predicted molar refractivity (Wildman–Crippen MR) is 74.3 cm³/mol. The third-order valence-corrected chi connectivity index (χ3v) is 7.78. The van der Waals surface area contributed by atoms with Gasteiger partial charge < -0.3 is 9.16 Å². The van der Waals surface area contributed by atoms with Crippen LogP contribution in [0.25, 0.3) is 0 Å². The van der Waals surface area contributed by atoms with Gasteiger partial charge >= 0.3 is 5.97 Å². The average Bonchev–Trinajstić information content (AvgIpc) is 2.31. The van der Waals surface area contributed by atoms with E-state index in [1.165, 1.54) is 13.2 Å². The second-order valence-electron chi connectivity index (χ2n) is 4.71. The first-order chi connectivity index (χ1) is 8.76. The van der Waals surface area contributed by atoms with Crippen molar-refractivity contribution >= 4 is 14.3 Å². The van der Waals surface area contributed by atoms with Gasteiger partial charge in [-0.1, -0.05) is 33.4 Å². The highest BCUT2D eigenvalue weighted by molar-refractivity contribution is 6.81. The van der Waals surface area contributed by atoms with E-state index in [0.29, 0.717) is 0 Å². The van der Waals surface area contributed by atoms with Crippen LogP contribution in [0.1, 0.15) is 27.7 Å². The Morgan fingerprint density at radius 1 is 1.26 bits per heavy atom. The molecule has 108 valence electrons. The van der Waals surface area contributed by atoms with Crippen LogP contribution in [-0.2, 0) is 14.0 Å². The Balaban J connectivity index is 5.26. The molecule has 0 spiro atoms. The second-order valence-corrected chi connectivity index (χ2v) is 9.29. The molecule has 0 N–H and O–H groups in total. The van der Waals surface area contributed by atoms with Crippen LogP contribution in [0.3, 0.4) is 0 Å². The summed E-state index contributed by atoms with van der Waals surface area (Å²) in [5.74, 6) is -0.458. The van der Waals surface area contributed by atoms with Crippen LogP contribution >= 0.6 is 0 Å². The van der Waals surface area contributed by atoms with Gasteiger partial charge in [-0.3, -0.25) is 10.1 Å². The molecule has 0 aliphatic heterocycles. The maximum Gasteiger partial charge on any atom is 0.329 e. The predicted octanol–water partition coefficient (Wildman–Crippen LogP) is 2.78. The fourth-order valence-corrected chi connectivity index (χ4v) is 5.25. The first kappa shape index (κ1) is 17.4. The first-order valence-corrected chi connectivity index (χ1v) is 8.15. The third-order valence-electron chi connectivity index (χ3n) is 2.94. The third kappa shape index (κ3) is 5.25. The lowest BCUT2D eigenvalue weighted by molar-refractivity contribution is -0.403. The van der Waals surface area contributed by atoms with Crippen molar-refractivity contribution in [3.05, 3.63) is 34.4 Å². The first-order valence-electron chi connectivity index (χ1n) is 6.01. The molecule has 7 heteroatoms. The fourth-order valence-electron chi connectivity index (χ4n) is 1.83. The minimum Gasteiger partial charge on any atom is -0.540 e. The molecule has 0 aliphatic rings. The molecule has 0 heterocycles. The average molecular weight is 287 g/mol. The molecule has 0 unspecified atom stereocenters. The summed E-state index contributed by atoms with van der Waals surface area (Å²) in [5.41, 5.74) is 2.05. The Hall–Kier alpha value is -1.63. The van der Waals surface area contributed by atoms with E-state index in [0.717, 1.165) is 12.5 Å². The summed E-state index contributed by atoms with van der Waals surface area (Å²) < 4.78 is 10.2. The van der Waals surface area contributed by atoms with Crippen molar-refractivity contribution in [1.82, 2.24) is 0 Å². The Labute approximate surface area is 114 Å². The van der Waals surface area contributed by atoms with Crippen LogP contribution in [0.5, 0.6) is 0 Å². The van der Waals surface area contributed by atoms with Gasteiger partial charge in [0.2, 0.25) is 0 Å². The van der Waals surface area contributed by atoms with Gasteiger partial charge in [0.15, 0.2) is 0 Å². The van der Waals surface area contributed by atoms with Crippen LogP contribution in [-0.4, -0.2) is 26.3 Å². The molecular weight excluding hydrogens is 266 g/mol. The number of hydrogen-bond acceptors (Lipinski definition) is 5. The van der Waals surface area contributed by atoms with Crippen molar-refractivity contribution in [2.45, 2.75) is 38.8 Å². The van der Waals surface area contributed by atoms with E-state index < -0.39 is 19.2 Å². The lowest BCUT2D eigenvalue weighted by atomic mass is 10.5. The molecular formula is C12H21NO5Si. The summed E-state index contributed by atoms with van der Waals surface area (Å²) in [5, 5.41) is 10.3. The van der Waals surface area contributed by atoms with Gasteiger partial charge in [0.05, 0.1) is 12.0 Å². The van der Waals surface area contributed by atoms with E-state index in [2.05, 4.69) is 4.74 Å². The molecule has 0 saturated carbocycles. The zero-order chi connectivity index (χ0) is 15.1. The monoisotopic (exact) mass is 287 g/mol. The van der Waals surface area contributed by atoms with Gasteiger partial charge in [-0.15, -0.1) is 0 Å². The number of hydrogen-bond donors (Lipinski definition) is 0. The maximum absolute atomic E-state index is 11.2. The smallest absolute Gasteiger partial charge is 0.329 e. The molecule has 0 saturated heterocycles. The zero-order valence-corrected chi connectivity index (χ0v) is 13.0. The zero-order valence-electron chi connectivity index (χ0n) is 12.0. The van der Waals surface area contributed by atoms with E-state index in [-0.39, 0.29) is 11.1 Å². The lowest BCUT2D eigenvalue weighted by Gasteiger charge is -2.34. The molecule has 0 aromatic rings. The summed E-state index contributed by atoms with van der Waals surface area (Å²) >= 11 is 0. The van der Waals surface area contributed by atoms with Gasteiger partial charge in [0.1, 0.15) is 6.26 Å². The standard InChI is InChI=1S/C12H21NO5Si/c1-10(2)19(11(3)4,9-6-12(14)17-5)18-8-7-13(15)16/h6-11H,1-5H3/b8-7+,9-6+. The van der Waals surface area contributed by atoms with Crippen molar-refractivity contribution < 1.29 is 18.9 Å². The molecule has 0 amide bonds. The molecule has 19 heavy (non-hydrogen) atoms. The molecule has 0 rings (SSSR count). The van der Waals surface area contributed by atoms with E-state index >= 15 is 0 Å². The number of nitrogens with zero attached hydrogens (tertiary/aromatic N) is 1. The quantitative estimate of drug-likeness (QED) is 0.180. The lowest BCUT2D eigenvalue weighted by Crippen LogP contribution is -2.42. The summed E-state index contributed by atoms with van der Waals surface area (Å²) in [6.45, 7) is 7.92. The summed E-state index contributed by atoms with van der Waals surface area (Å²) in [6, 6.07) is 0. The topological polar surface area (TPSA) is 78.7 Å². The number of rotatable bonds is 7. The highest BCUT2D eigenvalue weighted by Crippen LogP contribution is 2.34. The van der Waals surface area contributed by atoms with E-state index in [1.54, 1.807) is 5.70 Å². The fraction of sp³-hybridized carbons (Fsp3) is 0.583. The highest BCUT2D eigenvalue weighted by Gasteiger charge is 2.41. The Bertz CT molecular complexity index is 368. The molecule has 0 aliphatic carbocycles. The second kappa shape index (κ2) is 7.73. The molecule has 0 bridgehead atoms. The van der Waals surface area contributed by atoms with Crippen molar-refractivity contribution in [2.75, 3.05) is 7.11 Å². The van der Waals surface area contributed by atoms with Crippen molar-refractivity contribution in [3.8, 4) is 0 Å². The minimum absolute atomic E-state index is 0.157. The Kier molecular flexibility index (Phi) is 7.06.